The van der Waals surface area contributed by atoms with Gasteiger partial charge in [-0.3, -0.25) is 14.4 Å². The number of carbonyl (C=O) groups excluding carboxylic acids is 2. The monoisotopic (exact) mass is 277 g/mol. The molecule has 2 aromatic rings. The average molecular weight is 277 g/mol. The van der Waals surface area contributed by atoms with E-state index in [1.165, 1.54) is 26.4 Å². The largest absolute Gasteiger partial charge is 0.312 e. The number of hydrogen-bond acceptors (Lipinski definition) is 7. The van der Waals surface area contributed by atoms with Crippen LogP contribution in [0.4, 0.5) is 0 Å². The molecule has 0 saturated heterocycles. The van der Waals surface area contributed by atoms with Gasteiger partial charge in [-0.1, -0.05) is 5.18 Å². The van der Waals surface area contributed by atoms with Crippen molar-refractivity contribution < 1.29 is 9.59 Å². The van der Waals surface area contributed by atoms with Gasteiger partial charge in [-0.25, -0.2) is 9.67 Å². The molecular formula is C11H11N5O4. The fourth-order valence-corrected chi connectivity index (χ4v) is 1.61. The molecule has 2 rings (SSSR count). The Morgan fingerprint density at radius 3 is 2.80 bits per heavy atom. The summed E-state index contributed by atoms with van der Waals surface area (Å²) < 4.78 is 1.13. The lowest BCUT2D eigenvalue weighted by Crippen LogP contribution is -2.37. The quantitative estimate of drug-likeness (QED) is 0.595. The van der Waals surface area contributed by atoms with Crippen LogP contribution in [0.3, 0.4) is 0 Å². The average Bonchev–Trinajstić information content (AvgIpc) is 2.82. The Kier molecular flexibility index (Phi) is 3.26. The van der Waals surface area contributed by atoms with E-state index in [0.29, 0.717) is 0 Å². The highest BCUT2D eigenvalue weighted by Crippen LogP contribution is 2.12. The van der Waals surface area contributed by atoms with Crippen molar-refractivity contribution in [2.75, 3.05) is 0 Å². The van der Waals surface area contributed by atoms with E-state index in [1.807, 2.05) is 0 Å². The number of nitrogens with one attached hydrogen (secondary N) is 1. The maximum atomic E-state index is 11.8. The third-order valence-corrected chi connectivity index (χ3v) is 2.77. The summed E-state index contributed by atoms with van der Waals surface area (Å²) >= 11 is 0. The van der Waals surface area contributed by atoms with Crippen LogP contribution in [0.1, 0.15) is 13.8 Å². The number of H-pyrrole nitrogens is 1. The molecule has 0 unspecified atom stereocenters. The topological polar surface area (TPSA) is 127 Å². The molecular weight excluding hydrogens is 266 g/mol. The molecule has 0 amide bonds. The van der Waals surface area contributed by atoms with Crippen molar-refractivity contribution in [3.63, 3.8) is 0 Å². The molecule has 9 heteroatoms. The molecule has 9 nitrogen and oxygen atoms in total. The van der Waals surface area contributed by atoms with Crippen molar-refractivity contribution >= 4 is 22.6 Å². The summed E-state index contributed by atoms with van der Waals surface area (Å²) in [5.74, 6) is -1.75. The molecule has 0 bridgehead atoms. The predicted octanol–water partition coefficient (Wildman–Crippen LogP) is -0.197. The van der Waals surface area contributed by atoms with Gasteiger partial charge in [-0.2, -0.15) is 5.10 Å². The minimum atomic E-state index is -1.62. The van der Waals surface area contributed by atoms with Crippen molar-refractivity contribution in [1.82, 2.24) is 19.7 Å². The first-order chi connectivity index (χ1) is 9.36. The van der Waals surface area contributed by atoms with E-state index in [9.17, 15) is 19.3 Å². The molecule has 0 aliphatic rings. The lowest BCUT2D eigenvalue weighted by Gasteiger charge is -2.12. The Bertz CT molecular complexity index is 758. The van der Waals surface area contributed by atoms with Crippen LogP contribution >= 0.6 is 0 Å². The van der Waals surface area contributed by atoms with Crippen LogP contribution in [0.15, 0.2) is 22.5 Å². The third-order valence-electron chi connectivity index (χ3n) is 2.77. The SMILES string of the molecule is CC(C)(N=O)C(=O)C(=O)Cn1ncc2c(=O)[nH]cnc21. The number of carbonyl (C=O) groups is 2. The van der Waals surface area contributed by atoms with Gasteiger partial charge in [0, 0.05) is 0 Å². The van der Waals surface area contributed by atoms with Gasteiger partial charge >= 0.3 is 0 Å². The zero-order chi connectivity index (χ0) is 14.9. The van der Waals surface area contributed by atoms with Crippen molar-refractivity contribution in [2.24, 2.45) is 5.18 Å². The number of rotatable bonds is 5. The van der Waals surface area contributed by atoms with Gasteiger partial charge in [0.15, 0.2) is 11.2 Å². The minimum Gasteiger partial charge on any atom is -0.312 e. The number of ketones is 2. The van der Waals surface area contributed by atoms with E-state index in [1.54, 1.807) is 0 Å². The number of Topliss-reactive ketones (excluding diaryl/α,β-unsaturated/α-hetero) is 2. The zero-order valence-electron chi connectivity index (χ0n) is 10.8. The lowest BCUT2D eigenvalue weighted by atomic mass is 9.97. The van der Waals surface area contributed by atoms with Gasteiger partial charge < -0.3 is 4.98 Å². The summed E-state index contributed by atoms with van der Waals surface area (Å²) in [4.78, 5) is 51.8. The Morgan fingerprint density at radius 2 is 2.15 bits per heavy atom. The Morgan fingerprint density at radius 1 is 1.45 bits per heavy atom. The first-order valence-electron chi connectivity index (χ1n) is 5.68. The van der Waals surface area contributed by atoms with E-state index >= 15 is 0 Å². The van der Waals surface area contributed by atoms with E-state index < -0.39 is 29.2 Å². The van der Waals surface area contributed by atoms with Crippen LogP contribution in [0.25, 0.3) is 11.0 Å². The van der Waals surface area contributed by atoms with Crippen LogP contribution < -0.4 is 5.56 Å². The molecule has 2 aromatic heterocycles. The minimum absolute atomic E-state index is 0.187. The third kappa shape index (κ3) is 2.25. The molecule has 0 atom stereocenters. The number of nitrogens with zero attached hydrogens (tertiary/aromatic N) is 4. The second-order valence-electron chi connectivity index (χ2n) is 4.67. The predicted molar refractivity (Wildman–Crippen MR) is 68.0 cm³/mol. The molecule has 2 heterocycles. The van der Waals surface area contributed by atoms with E-state index in [0.717, 1.165) is 4.68 Å². The van der Waals surface area contributed by atoms with Crippen LogP contribution in [-0.4, -0.2) is 36.9 Å². The maximum absolute atomic E-state index is 11.8. The van der Waals surface area contributed by atoms with E-state index in [4.69, 9.17) is 0 Å². The van der Waals surface area contributed by atoms with Gasteiger partial charge in [-0.15, -0.1) is 4.91 Å². The summed E-state index contributed by atoms with van der Waals surface area (Å²) in [6, 6.07) is 0. The highest BCUT2D eigenvalue weighted by molar-refractivity contribution is 6.40. The molecule has 0 spiro atoms. The van der Waals surface area contributed by atoms with Gasteiger partial charge in [0.1, 0.15) is 11.9 Å². The summed E-state index contributed by atoms with van der Waals surface area (Å²) in [6.45, 7) is 2.10. The van der Waals surface area contributed by atoms with Gasteiger partial charge in [-0.05, 0) is 13.8 Å². The fraction of sp³-hybridized carbons (Fsp3) is 0.364. The highest BCUT2D eigenvalue weighted by atomic mass is 16.3. The first-order valence-corrected chi connectivity index (χ1v) is 5.68. The Hall–Kier alpha value is -2.71. The standard InChI is InChI=1S/C11H11N5O4/c1-11(2,15-20)8(18)7(17)4-16-9-6(3-14-16)10(19)13-5-12-9/h3,5H,4H2,1-2H3,(H,12,13,19). The molecule has 0 aliphatic carbocycles. The number of aromatic amines is 1. The maximum Gasteiger partial charge on any atom is 0.261 e. The Labute approximate surface area is 112 Å². The van der Waals surface area contributed by atoms with Crippen molar-refractivity contribution in [3.8, 4) is 0 Å². The zero-order valence-corrected chi connectivity index (χ0v) is 10.8. The van der Waals surface area contributed by atoms with Crippen LogP contribution in [0.2, 0.25) is 0 Å². The second kappa shape index (κ2) is 4.76. The normalized spacial score (nSPS) is 11.5. The summed E-state index contributed by atoms with van der Waals surface area (Å²) in [5.41, 5.74) is -1.83. The van der Waals surface area contributed by atoms with Gasteiger partial charge in [0.05, 0.1) is 12.5 Å². The molecule has 20 heavy (non-hydrogen) atoms. The molecule has 104 valence electrons. The number of aromatic nitrogens is 4. The lowest BCUT2D eigenvalue weighted by molar-refractivity contribution is -0.139. The fourth-order valence-electron chi connectivity index (χ4n) is 1.61. The van der Waals surface area contributed by atoms with Crippen molar-refractivity contribution in [2.45, 2.75) is 25.9 Å². The van der Waals surface area contributed by atoms with E-state index in [2.05, 4.69) is 20.2 Å². The first kappa shape index (κ1) is 13.7. The highest BCUT2D eigenvalue weighted by Gasteiger charge is 2.34. The summed E-state index contributed by atoms with van der Waals surface area (Å²) in [6.07, 6.45) is 2.42. The van der Waals surface area contributed by atoms with Gasteiger partial charge in [0.25, 0.3) is 5.56 Å². The van der Waals surface area contributed by atoms with Crippen LogP contribution in [-0.2, 0) is 16.1 Å². The molecule has 0 aromatic carbocycles. The molecule has 0 fully saturated rings. The summed E-state index contributed by atoms with van der Waals surface area (Å²) in [5, 5.41) is 6.67. The number of fused-ring (bicyclic) bond motifs is 1. The van der Waals surface area contributed by atoms with E-state index in [-0.39, 0.29) is 11.0 Å². The van der Waals surface area contributed by atoms with Crippen molar-refractivity contribution in [1.29, 1.82) is 0 Å². The number of nitroso groups, excluding NO2 is 1. The van der Waals surface area contributed by atoms with Crippen LogP contribution in [0, 0.1) is 4.91 Å². The van der Waals surface area contributed by atoms with Gasteiger partial charge in [0.2, 0.25) is 11.6 Å². The van der Waals surface area contributed by atoms with Crippen LogP contribution in [0.5, 0.6) is 0 Å². The Balaban J connectivity index is 2.32. The molecule has 1 N–H and O–H groups in total. The summed E-state index contributed by atoms with van der Waals surface area (Å²) in [7, 11) is 0. The smallest absolute Gasteiger partial charge is 0.261 e. The van der Waals surface area contributed by atoms with Crippen molar-refractivity contribution in [3.05, 3.63) is 27.8 Å². The number of hydrogen-bond donors (Lipinski definition) is 1. The molecule has 0 aliphatic heterocycles. The second-order valence-corrected chi connectivity index (χ2v) is 4.67. The molecule has 0 radical (unpaired) electrons. The molecule has 0 saturated carbocycles.